The molecule has 1 N–H and O–H groups in total. The molecule has 2 fully saturated rings. The molecule has 2 rings (SSSR count). The van der Waals surface area contributed by atoms with Crippen LogP contribution in [-0.4, -0.2) is 68.3 Å². The summed E-state index contributed by atoms with van der Waals surface area (Å²) in [6.45, 7) is 4.76. The molecule has 0 unspecified atom stereocenters. The number of hydrogen-bond acceptors (Lipinski definition) is 3. The first-order valence-electron chi connectivity index (χ1n) is 7.03. The highest BCUT2D eigenvalue weighted by molar-refractivity contribution is 4.85. The molecule has 1 aliphatic carbocycles. The number of piperazine rings is 1. The fourth-order valence-electron chi connectivity index (χ4n) is 3.23. The van der Waals surface area contributed by atoms with Crippen molar-refractivity contribution < 1.29 is 4.39 Å². The molecule has 17 heavy (non-hydrogen) atoms. The van der Waals surface area contributed by atoms with Gasteiger partial charge in [0.05, 0.1) is 0 Å². The van der Waals surface area contributed by atoms with Crippen LogP contribution in [0.2, 0.25) is 0 Å². The summed E-state index contributed by atoms with van der Waals surface area (Å²) in [4.78, 5) is 4.87. The average molecular weight is 243 g/mol. The highest BCUT2D eigenvalue weighted by atomic mass is 19.1. The van der Waals surface area contributed by atoms with Gasteiger partial charge in [-0.15, -0.1) is 0 Å². The Morgan fingerprint density at radius 1 is 1.18 bits per heavy atom. The molecule has 0 amide bonds. The number of alkyl halides is 1. The molecule has 100 valence electrons. The molecule has 0 aromatic heterocycles. The van der Waals surface area contributed by atoms with E-state index in [1.54, 1.807) is 0 Å². The second-order valence-electron chi connectivity index (χ2n) is 5.37. The molecule has 1 saturated carbocycles. The van der Waals surface area contributed by atoms with Crippen molar-refractivity contribution in [1.82, 2.24) is 15.1 Å². The van der Waals surface area contributed by atoms with Crippen molar-refractivity contribution >= 4 is 0 Å². The van der Waals surface area contributed by atoms with Gasteiger partial charge in [-0.2, -0.15) is 0 Å². The molecule has 0 aromatic carbocycles. The van der Waals surface area contributed by atoms with Gasteiger partial charge < -0.3 is 5.32 Å². The molecule has 3 nitrogen and oxygen atoms in total. The Kier molecular flexibility index (Phi) is 5.19. The molecular weight excluding hydrogens is 217 g/mol. The van der Waals surface area contributed by atoms with Gasteiger partial charge in [0.25, 0.3) is 0 Å². The van der Waals surface area contributed by atoms with E-state index in [0.717, 1.165) is 32.2 Å². The van der Waals surface area contributed by atoms with E-state index < -0.39 is 0 Å². The predicted molar refractivity (Wildman–Crippen MR) is 69.1 cm³/mol. The van der Waals surface area contributed by atoms with Crippen LogP contribution in [0.5, 0.6) is 0 Å². The van der Waals surface area contributed by atoms with E-state index in [1.807, 2.05) is 0 Å². The lowest BCUT2D eigenvalue weighted by molar-refractivity contribution is 0.0699. The third kappa shape index (κ3) is 3.63. The Labute approximate surface area is 104 Å². The van der Waals surface area contributed by atoms with Crippen LogP contribution in [0.1, 0.15) is 25.7 Å². The largest absolute Gasteiger partial charge is 0.317 e. The summed E-state index contributed by atoms with van der Waals surface area (Å²) in [5.41, 5.74) is 0. The summed E-state index contributed by atoms with van der Waals surface area (Å²) >= 11 is 0. The maximum atomic E-state index is 12.3. The molecule has 2 aliphatic rings. The molecule has 0 radical (unpaired) electrons. The van der Waals surface area contributed by atoms with Gasteiger partial charge >= 0.3 is 0 Å². The van der Waals surface area contributed by atoms with Gasteiger partial charge in [-0.1, -0.05) is 6.42 Å². The summed E-state index contributed by atoms with van der Waals surface area (Å²) in [7, 11) is 2.08. The van der Waals surface area contributed by atoms with Crippen LogP contribution in [0, 0.1) is 0 Å². The van der Waals surface area contributed by atoms with Crippen molar-refractivity contribution in [2.75, 3.05) is 46.4 Å². The molecule has 1 aliphatic heterocycles. The Morgan fingerprint density at radius 3 is 2.59 bits per heavy atom. The second kappa shape index (κ2) is 6.66. The van der Waals surface area contributed by atoms with Crippen LogP contribution < -0.4 is 5.32 Å². The third-order valence-electron chi connectivity index (χ3n) is 4.38. The van der Waals surface area contributed by atoms with E-state index >= 15 is 0 Å². The summed E-state index contributed by atoms with van der Waals surface area (Å²) in [6, 6.07) is 1.46. The fourth-order valence-corrected chi connectivity index (χ4v) is 3.23. The average Bonchev–Trinajstić information content (AvgIpc) is 2.40. The lowest BCUT2D eigenvalue weighted by Gasteiger charge is -2.42. The molecule has 0 spiro atoms. The Balaban J connectivity index is 1.76. The highest BCUT2D eigenvalue weighted by Crippen LogP contribution is 2.23. The van der Waals surface area contributed by atoms with Crippen molar-refractivity contribution in [3.05, 3.63) is 0 Å². The summed E-state index contributed by atoms with van der Waals surface area (Å²) in [5.74, 6) is 0. The standard InChI is InChI=1S/C13H26FN3/c1-15-12-3-2-4-13(11-12)17-9-7-16(6-5-14)8-10-17/h12-13,15H,2-11H2,1H3/t12-,13+/m1/s1. The van der Waals surface area contributed by atoms with Crippen LogP contribution in [0.3, 0.4) is 0 Å². The molecule has 1 heterocycles. The zero-order chi connectivity index (χ0) is 12.1. The van der Waals surface area contributed by atoms with Gasteiger partial charge in [0.1, 0.15) is 6.67 Å². The second-order valence-corrected chi connectivity index (χ2v) is 5.37. The number of halogens is 1. The zero-order valence-electron chi connectivity index (χ0n) is 11.0. The van der Waals surface area contributed by atoms with Gasteiger partial charge in [-0.05, 0) is 26.3 Å². The smallest absolute Gasteiger partial charge is 0.102 e. The normalized spacial score (nSPS) is 32.8. The number of nitrogens with zero attached hydrogens (tertiary/aromatic N) is 2. The Hall–Kier alpha value is -0.190. The van der Waals surface area contributed by atoms with Gasteiger partial charge in [0.15, 0.2) is 0 Å². The van der Waals surface area contributed by atoms with Crippen molar-refractivity contribution in [1.29, 1.82) is 0 Å². The van der Waals surface area contributed by atoms with E-state index in [1.165, 1.54) is 25.7 Å². The van der Waals surface area contributed by atoms with E-state index in [4.69, 9.17) is 0 Å². The molecule has 1 saturated heterocycles. The summed E-state index contributed by atoms with van der Waals surface area (Å²) in [5, 5.41) is 3.42. The summed E-state index contributed by atoms with van der Waals surface area (Å²) in [6.07, 6.45) is 5.32. The number of nitrogens with one attached hydrogen (secondary N) is 1. The first-order valence-corrected chi connectivity index (χ1v) is 7.03. The van der Waals surface area contributed by atoms with Crippen molar-refractivity contribution in [3.8, 4) is 0 Å². The maximum absolute atomic E-state index is 12.3. The SMILES string of the molecule is CN[C@@H]1CCC[C@H](N2CCN(CCF)CC2)C1. The lowest BCUT2D eigenvalue weighted by atomic mass is 9.89. The van der Waals surface area contributed by atoms with Gasteiger partial charge in [-0.3, -0.25) is 9.80 Å². The van der Waals surface area contributed by atoms with Crippen LogP contribution in [0.15, 0.2) is 0 Å². The molecular formula is C13H26FN3. The highest BCUT2D eigenvalue weighted by Gasteiger charge is 2.28. The monoisotopic (exact) mass is 243 g/mol. The molecule has 4 heteroatoms. The van der Waals surface area contributed by atoms with Gasteiger partial charge in [0, 0.05) is 44.8 Å². The van der Waals surface area contributed by atoms with Crippen molar-refractivity contribution in [2.45, 2.75) is 37.8 Å². The minimum atomic E-state index is -0.203. The minimum absolute atomic E-state index is 0.203. The topological polar surface area (TPSA) is 18.5 Å². The maximum Gasteiger partial charge on any atom is 0.102 e. The third-order valence-corrected chi connectivity index (χ3v) is 4.38. The van der Waals surface area contributed by atoms with E-state index in [2.05, 4.69) is 22.2 Å². The number of hydrogen-bond donors (Lipinski definition) is 1. The van der Waals surface area contributed by atoms with Gasteiger partial charge in [-0.25, -0.2) is 4.39 Å². The van der Waals surface area contributed by atoms with Crippen LogP contribution in [0.4, 0.5) is 4.39 Å². The quantitative estimate of drug-likeness (QED) is 0.798. The first-order chi connectivity index (χ1) is 8.33. The Bertz CT molecular complexity index is 217. The van der Waals surface area contributed by atoms with Crippen LogP contribution >= 0.6 is 0 Å². The molecule has 0 aromatic rings. The van der Waals surface area contributed by atoms with Gasteiger partial charge in [0.2, 0.25) is 0 Å². The zero-order valence-corrected chi connectivity index (χ0v) is 11.0. The fraction of sp³-hybridized carbons (Fsp3) is 1.00. The number of rotatable bonds is 4. The molecule has 0 bridgehead atoms. The predicted octanol–water partition coefficient (Wildman–Crippen LogP) is 1.10. The summed E-state index contributed by atoms with van der Waals surface area (Å²) < 4.78 is 12.3. The van der Waals surface area contributed by atoms with Crippen molar-refractivity contribution in [2.24, 2.45) is 0 Å². The van der Waals surface area contributed by atoms with E-state index in [0.29, 0.717) is 12.6 Å². The van der Waals surface area contributed by atoms with Crippen molar-refractivity contribution in [3.63, 3.8) is 0 Å². The molecule has 2 atom stereocenters. The van der Waals surface area contributed by atoms with Crippen LogP contribution in [0.25, 0.3) is 0 Å². The first kappa shape index (κ1) is 13.2. The van der Waals surface area contributed by atoms with E-state index in [-0.39, 0.29) is 6.67 Å². The lowest BCUT2D eigenvalue weighted by Crippen LogP contribution is -2.52. The van der Waals surface area contributed by atoms with E-state index in [9.17, 15) is 4.39 Å². The Morgan fingerprint density at radius 2 is 1.94 bits per heavy atom. The van der Waals surface area contributed by atoms with Crippen LogP contribution in [-0.2, 0) is 0 Å². The minimum Gasteiger partial charge on any atom is -0.317 e.